The fourth-order valence-corrected chi connectivity index (χ4v) is 3.60. The van der Waals surface area contributed by atoms with Crippen LogP contribution in [0.5, 0.6) is 0 Å². The Hall–Kier alpha value is -2.32. The van der Waals surface area contributed by atoms with E-state index in [4.69, 9.17) is 0 Å². The van der Waals surface area contributed by atoms with Gasteiger partial charge in [-0.2, -0.15) is 4.31 Å². The van der Waals surface area contributed by atoms with Crippen molar-refractivity contribution in [1.82, 2.24) is 4.31 Å². The number of hydrogen-bond acceptors (Lipinski definition) is 3. The molecule has 0 radical (unpaired) electrons. The average Bonchev–Trinajstić information content (AvgIpc) is 2.53. The minimum absolute atomic E-state index is 0.200. The van der Waals surface area contributed by atoms with Crippen LogP contribution in [0.3, 0.4) is 0 Å². The Balaban J connectivity index is 1.85. The maximum atomic E-state index is 13.7. The van der Waals surface area contributed by atoms with Gasteiger partial charge in [-0.3, -0.25) is 4.79 Å². The second kappa shape index (κ2) is 6.53. The molecule has 0 saturated carbocycles. The highest BCUT2D eigenvalue weighted by Crippen LogP contribution is 2.24. The molecule has 0 spiro atoms. The molecule has 5 nitrogen and oxygen atoms in total. The van der Waals surface area contributed by atoms with Crippen LogP contribution in [0.2, 0.25) is 0 Å². The molecular weight excluding hydrogens is 350 g/mol. The van der Waals surface area contributed by atoms with Crippen molar-refractivity contribution in [2.24, 2.45) is 0 Å². The van der Waals surface area contributed by atoms with Gasteiger partial charge in [-0.1, -0.05) is 12.1 Å². The van der Waals surface area contributed by atoms with Crippen molar-refractivity contribution >= 4 is 21.6 Å². The van der Waals surface area contributed by atoms with Gasteiger partial charge in [-0.15, -0.1) is 0 Å². The number of amides is 1. The zero-order valence-corrected chi connectivity index (χ0v) is 14.2. The number of halogens is 2. The second-order valence-corrected chi connectivity index (χ2v) is 7.86. The normalized spacial score (nSPS) is 14.8. The van der Waals surface area contributed by atoms with Crippen molar-refractivity contribution in [2.75, 3.05) is 18.1 Å². The lowest BCUT2D eigenvalue weighted by molar-refractivity contribution is 0.101. The maximum absolute atomic E-state index is 13.7. The van der Waals surface area contributed by atoms with Crippen LogP contribution in [0.4, 0.5) is 14.5 Å². The van der Waals surface area contributed by atoms with Gasteiger partial charge >= 0.3 is 0 Å². The van der Waals surface area contributed by atoms with Crippen molar-refractivity contribution in [3.05, 3.63) is 64.7 Å². The fraction of sp³-hybridized carbons (Fsp3) is 0.235. The molecule has 1 N–H and O–H groups in total. The smallest absolute Gasteiger partial charge is 0.261 e. The summed E-state index contributed by atoms with van der Waals surface area (Å²) in [5.41, 5.74) is 1.43. The van der Waals surface area contributed by atoms with E-state index in [9.17, 15) is 22.0 Å². The number of anilines is 1. The van der Waals surface area contributed by atoms with E-state index >= 15 is 0 Å². The number of benzene rings is 2. The summed E-state index contributed by atoms with van der Waals surface area (Å²) in [5.74, 6) is -2.79. The molecule has 1 amide bonds. The third-order valence-corrected chi connectivity index (χ3v) is 5.35. The number of nitrogens with one attached hydrogen (secondary N) is 1. The molecule has 0 unspecified atom stereocenters. The molecule has 1 aliphatic rings. The van der Waals surface area contributed by atoms with Gasteiger partial charge in [0, 0.05) is 18.8 Å². The number of carbonyl (C=O) groups is 1. The van der Waals surface area contributed by atoms with Crippen molar-refractivity contribution in [1.29, 1.82) is 0 Å². The second-order valence-electron chi connectivity index (χ2n) is 5.88. The van der Waals surface area contributed by atoms with Gasteiger partial charge in [0.15, 0.2) is 0 Å². The molecule has 3 rings (SSSR count). The third-order valence-electron chi connectivity index (χ3n) is 4.10. The van der Waals surface area contributed by atoms with E-state index in [1.54, 1.807) is 18.2 Å². The molecule has 2 aromatic rings. The summed E-state index contributed by atoms with van der Waals surface area (Å²) >= 11 is 0. The molecule has 1 aliphatic heterocycles. The highest BCUT2D eigenvalue weighted by atomic mass is 32.2. The van der Waals surface area contributed by atoms with Gasteiger partial charge in [0.2, 0.25) is 10.0 Å². The van der Waals surface area contributed by atoms with Crippen molar-refractivity contribution in [3.63, 3.8) is 0 Å². The van der Waals surface area contributed by atoms with Gasteiger partial charge < -0.3 is 5.32 Å². The standard InChI is InChI=1S/C17H16F2N2O3S/c1-25(23,24)21-8-7-11-5-6-13(9-12(11)10-21)20-17(22)16-14(18)3-2-4-15(16)19/h2-6,9H,7-8,10H2,1H3,(H,20,22). The molecule has 1 heterocycles. The SMILES string of the molecule is CS(=O)(=O)N1CCc2ccc(NC(=O)c3c(F)cccc3F)cc2C1. The van der Waals surface area contributed by atoms with Crippen LogP contribution in [0, 0.1) is 11.6 Å². The third kappa shape index (κ3) is 3.69. The molecule has 0 aromatic heterocycles. The van der Waals surface area contributed by atoms with Crippen LogP contribution >= 0.6 is 0 Å². The monoisotopic (exact) mass is 366 g/mol. The van der Waals surface area contributed by atoms with Gasteiger partial charge in [0.1, 0.15) is 17.2 Å². The first-order chi connectivity index (χ1) is 11.8. The Morgan fingerprint density at radius 3 is 2.44 bits per heavy atom. The minimum atomic E-state index is -3.31. The number of carbonyl (C=O) groups excluding carboxylic acids is 1. The van der Waals surface area contributed by atoms with E-state index in [1.807, 2.05) is 0 Å². The zero-order chi connectivity index (χ0) is 18.2. The van der Waals surface area contributed by atoms with Crippen LogP contribution in [0.25, 0.3) is 0 Å². The Labute approximate surface area is 144 Å². The predicted molar refractivity (Wildman–Crippen MR) is 89.7 cm³/mol. The molecule has 132 valence electrons. The highest BCUT2D eigenvalue weighted by Gasteiger charge is 2.24. The van der Waals surface area contributed by atoms with E-state index in [2.05, 4.69) is 5.32 Å². The Morgan fingerprint density at radius 1 is 1.12 bits per heavy atom. The molecule has 25 heavy (non-hydrogen) atoms. The summed E-state index contributed by atoms with van der Waals surface area (Å²) in [6.07, 6.45) is 1.71. The molecule has 8 heteroatoms. The molecule has 0 fully saturated rings. The Bertz CT molecular complexity index is 925. The zero-order valence-electron chi connectivity index (χ0n) is 13.4. The van der Waals surface area contributed by atoms with E-state index in [0.717, 1.165) is 29.5 Å². The molecule has 0 aliphatic carbocycles. The van der Waals surface area contributed by atoms with Crippen LogP contribution in [-0.4, -0.2) is 31.4 Å². The predicted octanol–water partition coefficient (Wildman–Crippen LogP) is 2.53. The summed E-state index contributed by atoms with van der Waals surface area (Å²) in [5, 5.41) is 2.46. The minimum Gasteiger partial charge on any atom is -0.322 e. The van der Waals surface area contributed by atoms with Crippen LogP contribution in [0.15, 0.2) is 36.4 Å². The number of fused-ring (bicyclic) bond motifs is 1. The molecule has 0 saturated heterocycles. The van der Waals surface area contributed by atoms with E-state index in [1.165, 1.54) is 10.4 Å². The number of nitrogens with zero attached hydrogens (tertiary/aromatic N) is 1. The quantitative estimate of drug-likeness (QED) is 0.908. The first-order valence-electron chi connectivity index (χ1n) is 7.58. The topological polar surface area (TPSA) is 66.5 Å². The Kier molecular flexibility index (Phi) is 4.57. The summed E-state index contributed by atoms with van der Waals surface area (Å²) < 4.78 is 52.1. The summed E-state index contributed by atoms with van der Waals surface area (Å²) in [6.45, 7) is 0.601. The highest BCUT2D eigenvalue weighted by molar-refractivity contribution is 7.88. The molecule has 0 bridgehead atoms. The van der Waals surface area contributed by atoms with E-state index in [0.29, 0.717) is 18.7 Å². The van der Waals surface area contributed by atoms with Crippen molar-refractivity contribution in [2.45, 2.75) is 13.0 Å². The lowest BCUT2D eigenvalue weighted by Gasteiger charge is -2.27. The number of hydrogen-bond donors (Lipinski definition) is 1. The van der Waals surface area contributed by atoms with E-state index in [-0.39, 0.29) is 6.54 Å². The van der Waals surface area contributed by atoms with Gasteiger partial charge in [-0.05, 0) is 41.8 Å². The largest absolute Gasteiger partial charge is 0.322 e. The Morgan fingerprint density at radius 2 is 1.80 bits per heavy atom. The van der Waals surface area contributed by atoms with Crippen LogP contribution in [-0.2, 0) is 23.0 Å². The summed E-state index contributed by atoms with van der Waals surface area (Å²) in [7, 11) is -3.31. The summed E-state index contributed by atoms with van der Waals surface area (Å²) in [4.78, 5) is 12.2. The molecular formula is C17H16F2N2O3S. The lowest BCUT2D eigenvalue weighted by atomic mass is 10.0. The van der Waals surface area contributed by atoms with Gasteiger partial charge in [-0.25, -0.2) is 17.2 Å². The van der Waals surface area contributed by atoms with Crippen molar-refractivity contribution < 1.29 is 22.0 Å². The maximum Gasteiger partial charge on any atom is 0.261 e. The van der Waals surface area contributed by atoms with Crippen LogP contribution < -0.4 is 5.32 Å². The fourth-order valence-electron chi connectivity index (χ4n) is 2.80. The van der Waals surface area contributed by atoms with Crippen molar-refractivity contribution in [3.8, 4) is 0 Å². The van der Waals surface area contributed by atoms with Crippen LogP contribution in [0.1, 0.15) is 21.5 Å². The van der Waals surface area contributed by atoms with E-state index < -0.39 is 33.1 Å². The number of sulfonamides is 1. The average molecular weight is 366 g/mol. The number of rotatable bonds is 3. The van der Waals surface area contributed by atoms with Gasteiger partial charge in [0.05, 0.1) is 6.26 Å². The molecule has 0 atom stereocenters. The molecule has 2 aromatic carbocycles. The first kappa shape index (κ1) is 17.5. The summed E-state index contributed by atoms with van der Waals surface area (Å²) in [6, 6.07) is 8.24. The lowest BCUT2D eigenvalue weighted by Crippen LogP contribution is -2.35. The first-order valence-corrected chi connectivity index (χ1v) is 9.43. The van der Waals surface area contributed by atoms with Gasteiger partial charge in [0.25, 0.3) is 5.91 Å².